The van der Waals surface area contributed by atoms with Crippen LogP contribution in [0.15, 0.2) is 18.5 Å². The molecule has 0 aliphatic heterocycles. The Morgan fingerprint density at radius 1 is 1.39 bits per heavy atom. The molecule has 1 aliphatic rings. The fraction of sp³-hybridized carbons (Fsp3) is 0.571. The van der Waals surface area contributed by atoms with Gasteiger partial charge in [0.25, 0.3) is 0 Å². The number of hydrogen-bond donors (Lipinski definition) is 2. The number of primary amides is 1. The first-order chi connectivity index (χ1) is 8.65. The molecule has 0 bridgehead atoms. The maximum absolute atomic E-state index is 11.1. The Labute approximate surface area is 108 Å². The van der Waals surface area contributed by atoms with Crippen LogP contribution in [0.2, 0.25) is 0 Å². The molecule has 0 spiro atoms. The fourth-order valence-electron chi connectivity index (χ4n) is 2.56. The minimum Gasteiger partial charge on any atom is -0.369 e. The Hall–Kier alpha value is -1.42. The van der Waals surface area contributed by atoms with Crippen molar-refractivity contribution in [3.05, 3.63) is 29.6 Å². The van der Waals surface area contributed by atoms with Gasteiger partial charge in [0.05, 0.1) is 0 Å². The lowest BCUT2D eigenvalue weighted by molar-refractivity contribution is -0.122. The molecular formula is C14H21N3O. The van der Waals surface area contributed by atoms with Crippen LogP contribution >= 0.6 is 0 Å². The van der Waals surface area contributed by atoms with Crippen molar-refractivity contribution in [1.82, 2.24) is 10.3 Å². The highest BCUT2D eigenvalue weighted by Crippen LogP contribution is 2.24. The van der Waals surface area contributed by atoms with Gasteiger partial charge in [-0.3, -0.25) is 9.78 Å². The molecule has 1 saturated carbocycles. The maximum atomic E-state index is 11.1. The van der Waals surface area contributed by atoms with Gasteiger partial charge in [0.15, 0.2) is 0 Å². The van der Waals surface area contributed by atoms with E-state index in [1.54, 1.807) is 0 Å². The molecule has 1 aliphatic carbocycles. The molecule has 0 atom stereocenters. The number of aromatic nitrogens is 1. The van der Waals surface area contributed by atoms with Gasteiger partial charge in [-0.05, 0) is 43.7 Å². The topological polar surface area (TPSA) is 68.0 Å². The van der Waals surface area contributed by atoms with Crippen molar-refractivity contribution in [2.75, 3.05) is 0 Å². The Morgan fingerprint density at radius 3 is 2.72 bits per heavy atom. The number of nitrogens with zero attached hydrogens (tertiary/aromatic N) is 1. The summed E-state index contributed by atoms with van der Waals surface area (Å²) >= 11 is 0. The fourth-order valence-corrected chi connectivity index (χ4v) is 2.56. The van der Waals surface area contributed by atoms with E-state index < -0.39 is 0 Å². The zero-order valence-corrected chi connectivity index (χ0v) is 10.9. The molecule has 1 aromatic rings. The SMILES string of the molecule is Cc1cncc(CNC2CCC(C(N)=O)CC2)c1. The van der Waals surface area contributed by atoms with Crippen LogP contribution < -0.4 is 11.1 Å². The van der Waals surface area contributed by atoms with E-state index in [2.05, 4.69) is 23.3 Å². The molecule has 0 radical (unpaired) electrons. The first kappa shape index (κ1) is 13.0. The molecule has 3 N–H and O–H groups in total. The summed E-state index contributed by atoms with van der Waals surface area (Å²) in [5.41, 5.74) is 7.73. The van der Waals surface area contributed by atoms with Crippen LogP contribution in [-0.2, 0) is 11.3 Å². The van der Waals surface area contributed by atoms with E-state index in [1.165, 1.54) is 11.1 Å². The minimum atomic E-state index is -0.142. The predicted molar refractivity (Wildman–Crippen MR) is 70.8 cm³/mol. The van der Waals surface area contributed by atoms with E-state index >= 15 is 0 Å². The molecular weight excluding hydrogens is 226 g/mol. The molecule has 1 heterocycles. The third-order valence-corrected chi connectivity index (χ3v) is 3.66. The molecule has 4 nitrogen and oxygen atoms in total. The zero-order chi connectivity index (χ0) is 13.0. The summed E-state index contributed by atoms with van der Waals surface area (Å²) < 4.78 is 0. The normalized spacial score (nSPS) is 23.8. The number of carbonyl (C=O) groups is 1. The number of amides is 1. The summed E-state index contributed by atoms with van der Waals surface area (Å²) in [5.74, 6) is -0.0555. The van der Waals surface area contributed by atoms with E-state index in [0.717, 1.165) is 32.2 Å². The van der Waals surface area contributed by atoms with Gasteiger partial charge in [0, 0.05) is 30.9 Å². The number of pyridine rings is 1. The lowest BCUT2D eigenvalue weighted by atomic mass is 9.85. The molecule has 0 aromatic carbocycles. The number of carbonyl (C=O) groups excluding carboxylic acids is 1. The summed E-state index contributed by atoms with van der Waals surface area (Å²) in [6.07, 6.45) is 7.66. The van der Waals surface area contributed by atoms with Crippen LogP contribution in [0.3, 0.4) is 0 Å². The van der Waals surface area contributed by atoms with E-state index in [9.17, 15) is 4.79 Å². The number of aryl methyl sites for hydroxylation is 1. The second-order valence-corrected chi connectivity index (χ2v) is 5.20. The summed E-state index contributed by atoms with van der Waals surface area (Å²) in [5, 5.41) is 3.53. The summed E-state index contributed by atoms with van der Waals surface area (Å²) in [4.78, 5) is 15.3. The van der Waals surface area contributed by atoms with Crippen molar-refractivity contribution in [2.24, 2.45) is 11.7 Å². The van der Waals surface area contributed by atoms with Gasteiger partial charge >= 0.3 is 0 Å². The van der Waals surface area contributed by atoms with Gasteiger partial charge in [0.1, 0.15) is 0 Å². The average molecular weight is 247 g/mol. The third-order valence-electron chi connectivity index (χ3n) is 3.66. The zero-order valence-electron chi connectivity index (χ0n) is 10.9. The Kier molecular flexibility index (Phi) is 4.31. The highest BCUT2D eigenvalue weighted by molar-refractivity contribution is 5.76. The summed E-state index contributed by atoms with van der Waals surface area (Å²) in [6, 6.07) is 2.65. The number of rotatable bonds is 4. The van der Waals surface area contributed by atoms with Gasteiger partial charge in [-0.15, -0.1) is 0 Å². The summed E-state index contributed by atoms with van der Waals surface area (Å²) in [6.45, 7) is 2.90. The molecule has 2 rings (SSSR count). The Morgan fingerprint density at radius 2 is 2.11 bits per heavy atom. The van der Waals surface area contributed by atoms with Gasteiger partial charge in [-0.25, -0.2) is 0 Å². The van der Waals surface area contributed by atoms with Gasteiger partial charge in [-0.2, -0.15) is 0 Å². The van der Waals surface area contributed by atoms with Crippen LogP contribution in [0.1, 0.15) is 36.8 Å². The molecule has 1 amide bonds. The van der Waals surface area contributed by atoms with Crippen LogP contribution in [0.25, 0.3) is 0 Å². The smallest absolute Gasteiger partial charge is 0.220 e. The van der Waals surface area contributed by atoms with Gasteiger partial charge < -0.3 is 11.1 Å². The first-order valence-corrected chi connectivity index (χ1v) is 6.58. The largest absolute Gasteiger partial charge is 0.369 e. The lowest BCUT2D eigenvalue weighted by Crippen LogP contribution is -2.36. The first-order valence-electron chi connectivity index (χ1n) is 6.58. The molecule has 0 unspecified atom stereocenters. The lowest BCUT2D eigenvalue weighted by Gasteiger charge is -2.27. The molecule has 1 aromatic heterocycles. The minimum absolute atomic E-state index is 0.0867. The molecule has 0 saturated heterocycles. The second-order valence-electron chi connectivity index (χ2n) is 5.20. The molecule has 1 fully saturated rings. The maximum Gasteiger partial charge on any atom is 0.220 e. The third kappa shape index (κ3) is 3.53. The van der Waals surface area contributed by atoms with Crippen molar-refractivity contribution in [1.29, 1.82) is 0 Å². The van der Waals surface area contributed by atoms with Gasteiger partial charge in [0.2, 0.25) is 5.91 Å². The van der Waals surface area contributed by atoms with Crippen LogP contribution in [-0.4, -0.2) is 16.9 Å². The quantitative estimate of drug-likeness (QED) is 0.847. The molecule has 4 heteroatoms. The Balaban J connectivity index is 1.77. The van der Waals surface area contributed by atoms with E-state index in [1.807, 2.05) is 12.4 Å². The predicted octanol–water partition coefficient (Wildman–Crippen LogP) is 1.52. The van der Waals surface area contributed by atoms with E-state index in [4.69, 9.17) is 5.73 Å². The summed E-state index contributed by atoms with van der Waals surface area (Å²) in [7, 11) is 0. The standard InChI is InChI=1S/C14H21N3O/c1-10-6-11(8-16-7-10)9-17-13-4-2-12(3-5-13)14(15)18/h6-8,12-13,17H,2-5,9H2,1H3,(H2,15,18). The average Bonchev–Trinajstić information content (AvgIpc) is 2.37. The monoisotopic (exact) mass is 247 g/mol. The highest BCUT2D eigenvalue weighted by atomic mass is 16.1. The Bertz CT molecular complexity index is 411. The van der Waals surface area contributed by atoms with Crippen molar-refractivity contribution >= 4 is 5.91 Å². The van der Waals surface area contributed by atoms with Crippen molar-refractivity contribution in [2.45, 2.75) is 45.2 Å². The molecule has 18 heavy (non-hydrogen) atoms. The highest BCUT2D eigenvalue weighted by Gasteiger charge is 2.24. The molecule has 98 valence electrons. The van der Waals surface area contributed by atoms with Crippen molar-refractivity contribution in [3.8, 4) is 0 Å². The van der Waals surface area contributed by atoms with Gasteiger partial charge in [-0.1, -0.05) is 6.07 Å². The van der Waals surface area contributed by atoms with Crippen LogP contribution in [0, 0.1) is 12.8 Å². The van der Waals surface area contributed by atoms with Crippen LogP contribution in [0.5, 0.6) is 0 Å². The van der Waals surface area contributed by atoms with Crippen LogP contribution in [0.4, 0.5) is 0 Å². The number of hydrogen-bond acceptors (Lipinski definition) is 3. The van der Waals surface area contributed by atoms with E-state index in [0.29, 0.717) is 6.04 Å². The second kappa shape index (κ2) is 5.96. The van der Waals surface area contributed by atoms with E-state index in [-0.39, 0.29) is 11.8 Å². The van der Waals surface area contributed by atoms with Crippen molar-refractivity contribution < 1.29 is 4.79 Å². The van der Waals surface area contributed by atoms with Crippen molar-refractivity contribution in [3.63, 3.8) is 0 Å². The number of nitrogens with one attached hydrogen (secondary N) is 1. The number of nitrogens with two attached hydrogens (primary N) is 1.